The van der Waals surface area contributed by atoms with Crippen molar-refractivity contribution in [3.63, 3.8) is 0 Å². The molecule has 0 amide bonds. The number of thioether (sulfide) groups is 1. The van der Waals surface area contributed by atoms with Gasteiger partial charge in [0.25, 0.3) is 0 Å². The van der Waals surface area contributed by atoms with Crippen LogP contribution < -0.4 is 5.73 Å². The molecule has 2 aromatic heterocycles. The first-order valence-electron chi connectivity index (χ1n) is 6.58. The predicted molar refractivity (Wildman–Crippen MR) is 90.2 cm³/mol. The lowest BCUT2D eigenvalue weighted by atomic mass is 9.98. The molecule has 0 spiro atoms. The van der Waals surface area contributed by atoms with Gasteiger partial charge >= 0.3 is 0 Å². The maximum absolute atomic E-state index is 5.96. The molecule has 110 valence electrons. The number of nitrogens with two attached hydrogens (primary N) is 1. The second-order valence-electron chi connectivity index (χ2n) is 5.13. The van der Waals surface area contributed by atoms with Crippen molar-refractivity contribution >= 4 is 39.9 Å². The van der Waals surface area contributed by atoms with E-state index in [9.17, 15) is 0 Å². The molecule has 7 heteroatoms. The molecule has 4 nitrogen and oxygen atoms in total. The van der Waals surface area contributed by atoms with Crippen molar-refractivity contribution in [2.24, 2.45) is 10.7 Å². The van der Waals surface area contributed by atoms with E-state index in [0.717, 1.165) is 34.0 Å². The van der Waals surface area contributed by atoms with Gasteiger partial charge in [-0.3, -0.25) is 9.98 Å². The van der Waals surface area contributed by atoms with E-state index in [1.54, 1.807) is 29.3 Å². The highest BCUT2D eigenvalue weighted by Gasteiger charge is 2.31. The van der Waals surface area contributed by atoms with Crippen molar-refractivity contribution in [2.75, 3.05) is 5.75 Å². The number of hydrogen-bond acceptors (Lipinski definition) is 6. The Kier molecular flexibility index (Phi) is 4.19. The SMILES string of the molecule is C[C@@]1(c2cnc(Cc3cncc(Cl)c3)s2)CCSC(N)=N1. The zero-order chi connectivity index (χ0) is 14.9. The zero-order valence-corrected chi connectivity index (χ0v) is 13.9. The van der Waals surface area contributed by atoms with E-state index in [0.29, 0.717) is 10.2 Å². The van der Waals surface area contributed by atoms with Crippen LogP contribution in [0, 0.1) is 0 Å². The fraction of sp³-hybridized carbons (Fsp3) is 0.357. The molecule has 1 aliphatic rings. The summed E-state index contributed by atoms with van der Waals surface area (Å²) >= 11 is 9.26. The molecular formula is C14H15ClN4S2. The summed E-state index contributed by atoms with van der Waals surface area (Å²) in [5.41, 5.74) is 6.70. The summed E-state index contributed by atoms with van der Waals surface area (Å²) in [5, 5.41) is 2.36. The number of amidine groups is 1. The zero-order valence-electron chi connectivity index (χ0n) is 11.5. The minimum atomic E-state index is -0.238. The normalized spacial score (nSPS) is 22.1. The molecule has 0 saturated carbocycles. The number of aromatic nitrogens is 2. The summed E-state index contributed by atoms with van der Waals surface area (Å²) in [6.45, 7) is 2.12. The van der Waals surface area contributed by atoms with Gasteiger partial charge in [0.2, 0.25) is 0 Å². The smallest absolute Gasteiger partial charge is 0.154 e. The van der Waals surface area contributed by atoms with E-state index in [4.69, 9.17) is 17.3 Å². The topological polar surface area (TPSA) is 64.2 Å². The van der Waals surface area contributed by atoms with Gasteiger partial charge in [-0.1, -0.05) is 23.4 Å². The van der Waals surface area contributed by atoms with Crippen LogP contribution in [0.4, 0.5) is 0 Å². The van der Waals surface area contributed by atoms with Crippen LogP contribution in [0.1, 0.15) is 28.8 Å². The molecule has 0 saturated heterocycles. The Bertz CT molecular complexity index is 685. The van der Waals surface area contributed by atoms with Gasteiger partial charge in [-0.05, 0) is 25.0 Å². The average molecular weight is 339 g/mol. The van der Waals surface area contributed by atoms with Gasteiger partial charge in [0.15, 0.2) is 5.17 Å². The van der Waals surface area contributed by atoms with Crippen molar-refractivity contribution in [1.82, 2.24) is 9.97 Å². The van der Waals surface area contributed by atoms with Gasteiger partial charge in [-0.25, -0.2) is 4.98 Å². The third-order valence-electron chi connectivity index (χ3n) is 3.40. The van der Waals surface area contributed by atoms with Crippen LogP contribution in [0.5, 0.6) is 0 Å². The fourth-order valence-corrected chi connectivity index (χ4v) is 4.47. The number of nitrogens with zero attached hydrogens (tertiary/aromatic N) is 3. The second-order valence-corrected chi connectivity index (χ2v) is 7.80. The molecule has 0 aliphatic carbocycles. The molecule has 2 aromatic rings. The highest BCUT2D eigenvalue weighted by Crippen LogP contribution is 2.38. The highest BCUT2D eigenvalue weighted by atomic mass is 35.5. The van der Waals surface area contributed by atoms with E-state index in [1.165, 1.54) is 0 Å². The van der Waals surface area contributed by atoms with Gasteiger partial charge < -0.3 is 5.73 Å². The molecule has 3 rings (SSSR count). The Labute approximate surface area is 136 Å². The molecule has 3 heterocycles. The summed E-state index contributed by atoms with van der Waals surface area (Å²) in [5.74, 6) is 0.997. The maximum atomic E-state index is 5.96. The van der Waals surface area contributed by atoms with Gasteiger partial charge in [0.1, 0.15) is 0 Å². The Morgan fingerprint density at radius 1 is 1.38 bits per heavy atom. The molecule has 0 fully saturated rings. The summed E-state index contributed by atoms with van der Waals surface area (Å²) in [4.78, 5) is 14.4. The summed E-state index contributed by atoms with van der Waals surface area (Å²) < 4.78 is 0. The monoisotopic (exact) mass is 338 g/mol. The third-order valence-corrected chi connectivity index (χ3v) is 5.65. The first-order valence-corrected chi connectivity index (χ1v) is 8.76. The van der Waals surface area contributed by atoms with Crippen molar-refractivity contribution in [2.45, 2.75) is 25.3 Å². The number of rotatable bonds is 3. The Morgan fingerprint density at radius 3 is 3.00 bits per heavy atom. The van der Waals surface area contributed by atoms with Crippen molar-refractivity contribution in [1.29, 1.82) is 0 Å². The second kappa shape index (κ2) is 5.94. The molecule has 0 aromatic carbocycles. The van der Waals surface area contributed by atoms with E-state index in [1.807, 2.05) is 18.5 Å². The third kappa shape index (κ3) is 3.39. The maximum Gasteiger partial charge on any atom is 0.154 e. The first-order chi connectivity index (χ1) is 10.0. The van der Waals surface area contributed by atoms with Crippen LogP contribution in [0.3, 0.4) is 0 Å². The first kappa shape index (κ1) is 14.8. The summed E-state index contributed by atoms with van der Waals surface area (Å²) in [6.07, 6.45) is 7.10. The molecule has 0 unspecified atom stereocenters. The number of halogens is 1. The molecule has 1 aliphatic heterocycles. The standard InChI is InChI=1S/C14H15ClN4S2/c1-14(2-3-20-13(16)19-14)11-8-18-12(21-11)5-9-4-10(15)7-17-6-9/h4,6-8H,2-3,5H2,1H3,(H2,16,19)/t14-/m0/s1. The molecule has 21 heavy (non-hydrogen) atoms. The lowest BCUT2D eigenvalue weighted by molar-refractivity contribution is 0.491. The molecule has 1 atom stereocenters. The van der Waals surface area contributed by atoms with Crippen LogP contribution >= 0.6 is 34.7 Å². The Balaban J connectivity index is 1.82. The number of aliphatic imine (C=N–C) groups is 1. The van der Waals surface area contributed by atoms with Crippen LogP contribution in [-0.2, 0) is 12.0 Å². The largest absolute Gasteiger partial charge is 0.379 e. The Morgan fingerprint density at radius 2 is 2.24 bits per heavy atom. The summed E-state index contributed by atoms with van der Waals surface area (Å²) in [7, 11) is 0. The van der Waals surface area contributed by atoms with Crippen molar-refractivity contribution in [3.05, 3.63) is 45.1 Å². The fourth-order valence-electron chi connectivity index (χ4n) is 2.23. The molecule has 0 radical (unpaired) electrons. The quantitative estimate of drug-likeness (QED) is 0.931. The number of hydrogen-bond donors (Lipinski definition) is 1. The van der Waals surface area contributed by atoms with Gasteiger partial charge in [-0.2, -0.15) is 0 Å². The minimum absolute atomic E-state index is 0.238. The lowest BCUT2D eigenvalue weighted by Gasteiger charge is -2.27. The van der Waals surface area contributed by atoms with Crippen LogP contribution in [-0.4, -0.2) is 20.9 Å². The van der Waals surface area contributed by atoms with E-state index >= 15 is 0 Å². The van der Waals surface area contributed by atoms with Gasteiger partial charge in [0.05, 0.1) is 20.4 Å². The van der Waals surface area contributed by atoms with Crippen LogP contribution in [0.25, 0.3) is 0 Å². The van der Waals surface area contributed by atoms with Crippen LogP contribution in [0.2, 0.25) is 5.02 Å². The van der Waals surface area contributed by atoms with E-state index in [-0.39, 0.29) is 5.54 Å². The molecule has 0 bridgehead atoms. The van der Waals surface area contributed by atoms with Crippen LogP contribution in [0.15, 0.2) is 29.6 Å². The lowest BCUT2D eigenvalue weighted by Crippen LogP contribution is -2.27. The van der Waals surface area contributed by atoms with Crippen molar-refractivity contribution < 1.29 is 0 Å². The molecular weight excluding hydrogens is 324 g/mol. The predicted octanol–water partition coefficient (Wildman–Crippen LogP) is 3.45. The Hall–Kier alpha value is -1.11. The van der Waals surface area contributed by atoms with Gasteiger partial charge in [0, 0.05) is 30.8 Å². The van der Waals surface area contributed by atoms with Crippen molar-refractivity contribution in [3.8, 4) is 0 Å². The molecule has 2 N–H and O–H groups in total. The van der Waals surface area contributed by atoms with E-state index < -0.39 is 0 Å². The minimum Gasteiger partial charge on any atom is -0.379 e. The number of pyridine rings is 1. The van der Waals surface area contributed by atoms with E-state index in [2.05, 4.69) is 21.9 Å². The summed E-state index contributed by atoms with van der Waals surface area (Å²) in [6, 6.07) is 1.92. The average Bonchev–Trinajstić information content (AvgIpc) is 2.88. The number of thiazole rings is 1. The van der Waals surface area contributed by atoms with Gasteiger partial charge in [-0.15, -0.1) is 11.3 Å². The highest BCUT2D eigenvalue weighted by molar-refractivity contribution is 8.13.